The lowest BCUT2D eigenvalue weighted by atomic mass is 10.2. The molecule has 1 aromatic carbocycles. The molecule has 1 fully saturated rings. The number of hydrogen-bond acceptors (Lipinski definition) is 4. The van der Waals surface area contributed by atoms with Gasteiger partial charge in [-0.1, -0.05) is 18.2 Å². The molecule has 1 saturated heterocycles. The number of nitrogens with zero attached hydrogens (tertiary/aromatic N) is 1. The van der Waals surface area contributed by atoms with Gasteiger partial charge in [-0.05, 0) is 25.0 Å². The van der Waals surface area contributed by atoms with Gasteiger partial charge in [0.2, 0.25) is 5.91 Å². The van der Waals surface area contributed by atoms with Crippen molar-refractivity contribution >= 4 is 21.8 Å². The predicted molar refractivity (Wildman–Crippen MR) is 72.3 cm³/mol. The first kappa shape index (κ1) is 14.5. The predicted octanol–water partition coefficient (Wildman–Crippen LogP) is 0.422. The van der Waals surface area contributed by atoms with Crippen LogP contribution < -0.4 is 4.72 Å². The number of aryl methyl sites for hydroxylation is 1. The zero-order valence-corrected chi connectivity index (χ0v) is 11.9. The summed E-state index contributed by atoms with van der Waals surface area (Å²) in [6.07, 6.45) is 1.12. The van der Waals surface area contributed by atoms with Crippen LogP contribution in [0.4, 0.5) is 0 Å². The molecule has 2 rings (SSSR count). The Morgan fingerprint density at radius 1 is 1.35 bits per heavy atom. The van der Waals surface area contributed by atoms with Crippen molar-refractivity contribution in [2.75, 3.05) is 13.1 Å². The highest BCUT2D eigenvalue weighted by atomic mass is 32.2. The Morgan fingerprint density at radius 2 is 2.05 bits per heavy atom. The molecule has 6 nitrogen and oxygen atoms in total. The van der Waals surface area contributed by atoms with Crippen LogP contribution in [0.3, 0.4) is 0 Å². The monoisotopic (exact) mass is 296 g/mol. The van der Waals surface area contributed by atoms with Crippen LogP contribution in [0.1, 0.15) is 18.4 Å². The average Bonchev–Trinajstić information content (AvgIpc) is 2.74. The van der Waals surface area contributed by atoms with E-state index in [9.17, 15) is 18.0 Å². The second kappa shape index (κ2) is 5.62. The molecule has 108 valence electrons. The Hall–Kier alpha value is -1.89. The third kappa shape index (κ3) is 3.16. The molecule has 0 aliphatic carbocycles. The zero-order chi connectivity index (χ0) is 14.8. The fraction of sp³-hybridized carbons (Fsp3) is 0.385. The number of carbonyl (C=O) groups is 2. The minimum atomic E-state index is -3.89. The molecule has 2 amide bonds. The van der Waals surface area contributed by atoms with Gasteiger partial charge in [-0.2, -0.15) is 0 Å². The molecular weight excluding hydrogens is 280 g/mol. The largest absolute Gasteiger partial charge is 0.333 e. The lowest BCUT2D eigenvalue weighted by Gasteiger charge is -2.15. The standard InChI is InChI=1S/C13H16N2O4S/c1-10-5-2-3-6-11(10)20(18,19)14-12(16)9-15-8-4-7-13(15)17/h2-3,5-6H,4,7-9H2,1H3,(H,14,16). The fourth-order valence-electron chi connectivity index (χ4n) is 2.14. The molecule has 1 heterocycles. The van der Waals surface area contributed by atoms with Gasteiger partial charge in [0, 0.05) is 13.0 Å². The van der Waals surface area contributed by atoms with Crippen LogP contribution in [0.25, 0.3) is 0 Å². The second-order valence-corrected chi connectivity index (χ2v) is 6.36. The molecule has 1 aliphatic rings. The normalized spacial score (nSPS) is 15.4. The molecule has 0 spiro atoms. The van der Waals surface area contributed by atoms with Crippen molar-refractivity contribution in [1.82, 2.24) is 9.62 Å². The van der Waals surface area contributed by atoms with Crippen LogP contribution in [0.2, 0.25) is 0 Å². The Morgan fingerprint density at radius 3 is 2.65 bits per heavy atom. The summed E-state index contributed by atoms with van der Waals surface area (Å²) < 4.78 is 26.2. The molecule has 0 atom stereocenters. The van der Waals surface area contributed by atoms with Gasteiger partial charge in [0.05, 0.1) is 4.90 Å². The van der Waals surface area contributed by atoms with Gasteiger partial charge >= 0.3 is 0 Å². The summed E-state index contributed by atoms with van der Waals surface area (Å²) in [6, 6.07) is 6.41. The highest BCUT2D eigenvalue weighted by Crippen LogP contribution is 2.14. The van der Waals surface area contributed by atoms with E-state index in [0.29, 0.717) is 24.9 Å². The van der Waals surface area contributed by atoms with Crippen molar-refractivity contribution in [2.24, 2.45) is 0 Å². The minimum absolute atomic E-state index is 0.0705. The van der Waals surface area contributed by atoms with Crippen molar-refractivity contribution < 1.29 is 18.0 Å². The number of sulfonamides is 1. The van der Waals surface area contributed by atoms with Gasteiger partial charge in [-0.25, -0.2) is 13.1 Å². The van der Waals surface area contributed by atoms with Crippen LogP contribution in [-0.2, 0) is 19.6 Å². The maximum absolute atomic E-state index is 12.1. The number of carbonyl (C=O) groups excluding carboxylic acids is 2. The lowest BCUT2D eigenvalue weighted by Crippen LogP contribution is -2.40. The fourth-order valence-corrected chi connectivity index (χ4v) is 3.36. The van der Waals surface area contributed by atoms with Gasteiger partial charge in [0.15, 0.2) is 0 Å². The lowest BCUT2D eigenvalue weighted by molar-refractivity contribution is -0.132. The topological polar surface area (TPSA) is 83.6 Å². The smallest absolute Gasteiger partial charge is 0.264 e. The van der Waals surface area contributed by atoms with E-state index in [1.807, 2.05) is 4.72 Å². The number of hydrogen-bond donors (Lipinski definition) is 1. The molecule has 1 aliphatic heterocycles. The number of rotatable bonds is 4. The Labute approximate surface area is 117 Å². The van der Waals surface area contributed by atoms with E-state index < -0.39 is 15.9 Å². The average molecular weight is 296 g/mol. The van der Waals surface area contributed by atoms with E-state index >= 15 is 0 Å². The van der Waals surface area contributed by atoms with E-state index in [0.717, 1.165) is 0 Å². The van der Waals surface area contributed by atoms with Crippen molar-refractivity contribution in [1.29, 1.82) is 0 Å². The van der Waals surface area contributed by atoms with E-state index in [4.69, 9.17) is 0 Å². The molecular formula is C13H16N2O4S. The number of likely N-dealkylation sites (tertiary alicyclic amines) is 1. The van der Waals surface area contributed by atoms with E-state index in [1.165, 1.54) is 11.0 Å². The van der Waals surface area contributed by atoms with E-state index in [2.05, 4.69) is 0 Å². The van der Waals surface area contributed by atoms with E-state index in [-0.39, 0.29) is 17.3 Å². The summed E-state index contributed by atoms with van der Waals surface area (Å²) in [5, 5.41) is 0. The van der Waals surface area contributed by atoms with E-state index in [1.54, 1.807) is 25.1 Å². The number of amides is 2. The molecule has 1 aromatic rings. The molecule has 0 bridgehead atoms. The summed E-state index contributed by atoms with van der Waals surface area (Å²) in [5.41, 5.74) is 0.560. The van der Waals surface area contributed by atoms with Crippen molar-refractivity contribution in [3.05, 3.63) is 29.8 Å². The quantitative estimate of drug-likeness (QED) is 0.873. The minimum Gasteiger partial charge on any atom is -0.333 e. The molecule has 0 unspecified atom stereocenters. The van der Waals surface area contributed by atoms with Crippen molar-refractivity contribution in [3.63, 3.8) is 0 Å². The Balaban J connectivity index is 2.07. The maximum Gasteiger partial charge on any atom is 0.264 e. The highest BCUT2D eigenvalue weighted by Gasteiger charge is 2.25. The first-order valence-corrected chi connectivity index (χ1v) is 7.77. The molecule has 7 heteroatoms. The van der Waals surface area contributed by atoms with Gasteiger partial charge < -0.3 is 4.90 Å². The van der Waals surface area contributed by atoms with Crippen molar-refractivity contribution in [2.45, 2.75) is 24.7 Å². The van der Waals surface area contributed by atoms with Gasteiger partial charge in [0.25, 0.3) is 15.9 Å². The Kier molecular flexibility index (Phi) is 4.08. The number of nitrogens with one attached hydrogen (secondary N) is 1. The van der Waals surface area contributed by atoms with Gasteiger partial charge in [-0.15, -0.1) is 0 Å². The van der Waals surface area contributed by atoms with Crippen molar-refractivity contribution in [3.8, 4) is 0 Å². The Bertz CT molecular complexity index is 640. The molecule has 20 heavy (non-hydrogen) atoms. The first-order chi connectivity index (χ1) is 9.40. The SMILES string of the molecule is Cc1ccccc1S(=O)(=O)NC(=O)CN1CCCC1=O. The molecule has 0 radical (unpaired) electrons. The summed E-state index contributed by atoms with van der Waals surface area (Å²) in [7, 11) is -3.89. The van der Waals surface area contributed by atoms with Crippen LogP contribution in [0.15, 0.2) is 29.2 Å². The second-order valence-electron chi connectivity index (χ2n) is 4.71. The van der Waals surface area contributed by atoms with Crippen LogP contribution in [0, 0.1) is 6.92 Å². The summed E-state index contributed by atoms with van der Waals surface area (Å²) in [5.74, 6) is -0.808. The van der Waals surface area contributed by atoms with Gasteiger partial charge in [0.1, 0.15) is 6.54 Å². The maximum atomic E-state index is 12.1. The zero-order valence-electron chi connectivity index (χ0n) is 11.1. The summed E-state index contributed by atoms with van der Waals surface area (Å²) in [4.78, 5) is 24.6. The molecule has 1 N–H and O–H groups in total. The van der Waals surface area contributed by atoms with Crippen LogP contribution in [-0.4, -0.2) is 38.2 Å². The first-order valence-electron chi connectivity index (χ1n) is 6.29. The summed E-state index contributed by atoms with van der Waals surface area (Å²) >= 11 is 0. The molecule has 0 saturated carbocycles. The number of benzene rings is 1. The van der Waals surface area contributed by atoms with Crippen LogP contribution >= 0.6 is 0 Å². The third-order valence-corrected chi connectivity index (χ3v) is 4.67. The summed E-state index contributed by atoms with van der Waals surface area (Å²) in [6.45, 7) is 1.93. The molecule has 0 aromatic heterocycles. The van der Waals surface area contributed by atoms with Crippen LogP contribution in [0.5, 0.6) is 0 Å². The van der Waals surface area contributed by atoms with Gasteiger partial charge in [-0.3, -0.25) is 9.59 Å². The third-order valence-electron chi connectivity index (χ3n) is 3.14. The highest BCUT2D eigenvalue weighted by molar-refractivity contribution is 7.90.